The van der Waals surface area contributed by atoms with Crippen LogP contribution in [0, 0.1) is 5.92 Å². The topological polar surface area (TPSA) is 90.0 Å². The predicted octanol–water partition coefficient (Wildman–Crippen LogP) is 1.86. The maximum absolute atomic E-state index is 13.4. The van der Waals surface area contributed by atoms with Gasteiger partial charge in [0.15, 0.2) is 0 Å². The van der Waals surface area contributed by atoms with Gasteiger partial charge in [0.1, 0.15) is 5.54 Å². The zero-order valence-corrected chi connectivity index (χ0v) is 18.2. The van der Waals surface area contributed by atoms with Gasteiger partial charge in [-0.3, -0.25) is 19.3 Å². The minimum atomic E-state index is -0.934. The van der Waals surface area contributed by atoms with Crippen molar-refractivity contribution in [2.75, 3.05) is 26.2 Å². The molecule has 0 bridgehead atoms. The average molecular weight is 427 g/mol. The second kappa shape index (κ2) is 8.32. The quantitative estimate of drug-likeness (QED) is 0.747. The highest BCUT2D eigenvalue weighted by molar-refractivity contribution is 6.07. The summed E-state index contributed by atoms with van der Waals surface area (Å²) in [6.45, 7) is 5.61. The molecule has 0 radical (unpaired) electrons. The smallest absolute Gasteiger partial charge is 0.325 e. The van der Waals surface area contributed by atoms with Crippen LogP contribution in [0.3, 0.4) is 0 Å². The molecule has 3 aliphatic rings. The fraction of sp³-hybridized carbons (Fsp3) is 0.565. The first kappa shape index (κ1) is 21.3. The molecule has 1 aromatic rings. The number of nitrogens with zero attached hydrogens (tertiary/aromatic N) is 3. The zero-order chi connectivity index (χ0) is 22.2. The van der Waals surface area contributed by atoms with Crippen LogP contribution in [0.25, 0.3) is 0 Å². The van der Waals surface area contributed by atoms with Crippen LogP contribution in [0.4, 0.5) is 4.79 Å². The van der Waals surface area contributed by atoms with Gasteiger partial charge in [0.2, 0.25) is 5.91 Å². The minimum absolute atomic E-state index is 0.0748. The van der Waals surface area contributed by atoms with Gasteiger partial charge >= 0.3 is 6.03 Å². The Morgan fingerprint density at radius 2 is 1.71 bits per heavy atom. The molecule has 4 rings (SSSR count). The summed E-state index contributed by atoms with van der Waals surface area (Å²) < 4.78 is 0. The van der Waals surface area contributed by atoms with Crippen LogP contribution in [0.1, 0.15) is 49.9 Å². The van der Waals surface area contributed by atoms with Crippen LogP contribution >= 0.6 is 0 Å². The lowest BCUT2D eigenvalue weighted by molar-refractivity contribution is -0.141. The summed E-state index contributed by atoms with van der Waals surface area (Å²) >= 11 is 0. The van der Waals surface area contributed by atoms with Gasteiger partial charge in [-0.1, -0.05) is 32.0 Å². The first-order valence-corrected chi connectivity index (χ1v) is 11.1. The van der Waals surface area contributed by atoms with E-state index in [0.717, 1.165) is 6.42 Å². The maximum Gasteiger partial charge on any atom is 0.325 e. The van der Waals surface area contributed by atoms with Crippen molar-refractivity contribution in [2.24, 2.45) is 5.92 Å². The van der Waals surface area contributed by atoms with E-state index in [2.05, 4.69) is 5.32 Å². The number of amides is 5. The van der Waals surface area contributed by atoms with Gasteiger partial charge in [0.05, 0.1) is 6.04 Å². The molecule has 3 heterocycles. The molecule has 0 unspecified atom stereocenters. The van der Waals surface area contributed by atoms with Gasteiger partial charge < -0.3 is 15.1 Å². The lowest BCUT2D eigenvalue weighted by atomic mass is 9.86. The molecule has 3 fully saturated rings. The normalized spacial score (nSPS) is 23.5. The molecular weight excluding hydrogens is 396 g/mol. The Morgan fingerprint density at radius 1 is 1.03 bits per heavy atom. The number of rotatable bonds is 3. The van der Waals surface area contributed by atoms with Crippen molar-refractivity contribution < 1.29 is 19.2 Å². The van der Waals surface area contributed by atoms with E-state index in [0.29, 0.717) is 51.0 Å². The van der Waals surface area contributed by atoms with E-state index in [9.17, 15) is 19.2 Å². The third-order valence-corrected chi connectivity index (χ3v) is 6.69. The molecule has 1 N–H and O–H groups in total. The van der Waals surface area contributed by atoms with Crippen LogP contribution < -0.4 is 5.32 Å². The van der Waals surface area contributed by atoms with Crippen molar-refractivity contribution in [2.45, 2.75) is 51.1 Å². The average Bonchev–Trinajstić information content (AvgIpc) is 3.02. The van der Waals surface area contributed by atoms with Crippen molar-refractivity contribution in [3.8, 4) is 0 Å². The number of likely N-dealkylation sites (tertiary alicyclic amines) is 2. The van der Waals surface area contributed by atoms with E-state index in [1.54, 1.807) is 21.9 Å². The van der Waals surface area contributed by atoms with Crippen molar-refractivity contribution in [3.63, 3.8) is 0 Å². The number of piperidine rings is 2. The summed E-state index contributed by atoms with van der Waals surface area (Å²) in [6.07, 6.45) is 2.27. The first-order valence-electron chi connectivity index (χ1n) is 11.1. The van der Waals surface area contributed by atoms with Gasteiger partial charge in [0.25, 0.3) is 11.8 Å². The number of hydrogen-bond donors (Lipinski definition) is 1. The highest BCUT2D eigenvalue weighted by atomic mass is 16.2. The Morgan fingerprint density at radius 3 is 2.35 bits per heavy atom. The molecule has 3 aliphatic heterocycles. The SMILES string of the molecule is CC(C)C(=O)N1CCC2(CC1)NC(=O)N([C@H]1CCCN(C(=O)c3ccccc3)C1)C2=O. The molecule has 5 amide bonds. The Kier molecular flexibility index (Phi) is 5.73. The van der Waals surface area contributed by atoms with E-state index in [4.69, 9.17) is 0 Å². The fourth-order valence-electron chi connectivity index (χ4n) is 4.90. The number of carbonyl (C=O) groups is 4. The van der Waals surface area contributed by atoms with Gasteiger partial charge in [0, 0.05) is 37.7 Å². The number of urea groups is 1. The van der Waals surface area contributed by atoms with Crippen LogP contribution in [0.15, 0.2) is 30.3 Å². The van der Waals surface area contributed by atoms with E-state index >= 15 is 0 Å². The molecule has 1 aromatic carbocycles. The van der Waals surface area contributed by atoms with E-state index < -0.39 is 5.54 Å². The molecule has 0 aliphatic carbocycles. The maximum atomic E-state index is 13.4. The summed E-state index contributed by atoms with van der Waals surface area (Å²) in [5.41, 5.74) is -0.324. The van der Waals surface area contributed by atoms with Crippen molar-refractivity contribution in [3.05, 3.63) is 35.9 Å². The monoisotopic (exact) mass is 426 g/mol. The first-order chi connectivity index (χ1) is 14.8. The second-order valence-electron chi connectivity index (χ2n) is 9.08. The van der Waals surface area contributed by atoms with E-state index in [1.807, 2.05) is 32.0 Å². The van der Waals surface area contributed by atoms with E-state index in [1.165, 1.54) is 4.90 Å². The summed E-state index contributed by atoms with van der Waals surface area (Å²) in [4.78, 5) is 56.2. The Labute approximate surface area is 182 Å². The molecule has 1 spiro atoms. The predicted molar refractivity (Wildman–Crippen MR) is 114 cm³/mol. The highest BCUT2D eigenvalue weighted by Gasteiger charge is 2.55. The third kappa shape index (κ3) is 3.91. The van der Waals surface area contributed by atoms with Gasteiger partial charge in [-0.15, -0.1) is 0 Å². The molecule has 1 atom stereocenters. The van der Waals surface area contributed by atoms with Gasteiger partial charge in [-0.25, -0.2) is 4.79 Å². The number of imide groups is 1. The van der Waals surface area contributed by atoms with Crippen molar-refractivity contribution >= 4 is 23.8 Å². The Bertz CT molecular complexity index is 877. The number of carbonyl (C=O) groups excluding carboxylic acids is 4. The Balaban J connectivity index is 1.44. The van der Waals surface area contributed by atoms with Crippen LogP contribution in [0.2, 0.25) is 0 Å². The lowest BCUT2D eigenvalue weighted by Crippen LogP contribution is -2.57. The van der Waals surface area contributed by atoms with Gasteiger partial charge in [-0.2, -0.15) is 0 Å². The molecule has 8 nitrogen and oxygen atoms in total. The fourth-order valence-corrected chi connectivity index (χ4v) is 4.90. The third-order valence-electron chi connectivity index (χ3n) is 6.69. The largest absolute Gasteiger partial charge is 0.342 e. The number of nitrogens with one attached hydrogen (secondary N) is 1. The summed E-state index contributed by atoms with van der Waals surface area (Å²) in [5, 5.41) is 2.93. The zero-order valence-electron chi connectivity index (χ0n) is 18.2. The molecule has 8 heteroatoms. The number of hydrogen-bond acceptors (Lipinski definition) is 4. The molecule has 0 saturated carbocycles. The molecular formula is C23H30N4O4. The summed E-state index contributed by atoms with van der Waals surface area (Å²) in [6, 6.07) is 8.36. The molecule has 31 heavy (non-hydrogen) atoms. The molecule has 3 saturated heterocycles. The summed E-state index contributed by atoms with van der Waals surface area (Å²) in [7, 11) is 0. The standard InChI is InChI=1S/C23H30N4O4/c1-16(2)19(28)25-13-10-23(11-14-25)21(30)27(22(31)24-23)18-9-6-12-26(15-18)20(29)17-7-4-3-5-8-17/h3-5,7-8,16,18H,6,9-15H2,1-2H3,(H,24,31)/t18-/m0/s1. The highest BCUT2D eigenvalue weighted by Crippen LogP contribution is 2.33. The van der Waals surface area contributed by atoms with Gasteiger partial charge in [-0.05, 0) is 37.8 Å². The van der Waals surface area contributed by atoms with Crippen molar-refractivity contribution in [1.82, 2.24) is 20.0 Å². The summed E-state index contributed by atoms with van der Waals surface area (Å²) in [5.74, 6) is -0.304. The second-order valence-corrected chi connectivity index (χ2v) is 9.08. The van der Waals surface area contributed by atoms with E-state index in [-0.39, 0.29) is 35.7 Å². The van der Waals surface area contributed by atoms with Crippen LogP contribution in [0.5, 0.6) is 0 Å². The molecule has 0 aromatic heterocycles. The van der Waals surface area contributed by atoms with Crippen LogP contribution in [-0.2, 0) is 9.59 Å². The minimum Gasteiger partial charge on any atom is -0.342 e. The Hall–Kier alpha value is -2.90. The number of benzene rings is 1. The lowest BCUT2D eigenvalue weighted by Gasteiger charge is -2.39. The molecule has 166 valence electrons. The van der Waals surface area contributed by atoms with Crippen molar-refractivity contribution in [1.29, 1.82) is 0 Å². The van der Waals surface area contributed by atoms with Crippen LogP contribution in [-0.4, -0.2) is 76.2 Å².